The van der Waals surface area contributed by atoms with E-state index in [2.05, 4.69) is 30.3 Å². The Morgan fingerprint density at radius 3 is 1.75 bits per heavy atom. The number of hydrogen-bond acceptors (Lipinski definition) is 10. The monoisotopic (exact) mass is 512 g/mol. The first-order chi connectivity index (χ1) is 17.2. The van der Waals surface area contributed by atoms with E-state index in [-0.39, 0.29) is 5.92 Å². The molecule has 0 aromatic carbocycles. The van der Waals surface area contributed by atoms with Crippen LogP contribution in [0.5, 0.6) is 0 Å². The molecular weight excluding hydrogens is 472 g/mol. The van der Waals surface area contributed by atoms with Gasteiger partial charge in [0.25, 0.3) is 0 Å². The standard InChI is InChI=1S/C26H40O10/c1-2-9-16(12-13-18-22(30)26(34)24(32)20(15-28)36-18)10-7-5-3-4-6-8-11-17-21(29)25(33)23(31)19(14-27)35-17/h2,16-34H,1,3-7,9-10,14-15H2/t16?,17-,18-,19-,20-,21-,22-,23-,24-,25-,26-/m1/s1. The molecule has 36 heavy (non-hydrogen) atoms. The molecule has 2 heterocycles. The fourth-order valence-corrected chi connectivity index (χ4v) is 4.22. The second-order valence-corrected chi connectivity index (χ2v) is 9.28. The van der Waals surface area contributed by atoms with Gasteiger partial charge in [0, 0.05) is 12.3 Å². The summed E-state index contributed by atoms with van der Waals surface area (Å²) < 4.78 is 10.8. The predicted octanol–water partition coefficient (Wildman–Crippen LogP) is -1.79. The molecule has 0 bridgehead atoms. The lowest BCUT2D eigenvalue weighted by Gasteiger charge is -2.38. The molecule has 0 aromatic heterocycles. The van der Waals surface area contributed by atoms with Gasteiger partial charge in [-0.25, -0.2) is 0 Å². The number of aliphatic hydroxyl groups excluding tert-OH is 8. The zero-order valence-corrected chi connectivity index (χ0v) is 20.4. The van der Waals surface area contributed by atoms with Crippen molar-refractivity contribution in [2.75, 3.05) is 13.2 Å². The fourth-order valence-electron chi connectivity index (χ4n) is 4.22. The molecule has 10 nitrogen and oxygen atoms in total. The van der Waals surface area contributed by atoms with Gasteiger partial charge in [0.1, 0.15) is 61.0 Å². The van der Waals surface area contributed by atoms with Gasteiger partial charge in [-0.05, 0) is 19.3 Å². The molecule has 2 aliphatic heterocycles. The maximum absolute atomic E-state index is 10.1. The maximum Gasteiger partial charge on any atom is 0.147 e. The van der Waals surface area contributed by atoms with Gasteiger partial charge in [0.15, 0.2) is 0 Å². The van der Waals surface area contributed by atoms with Crippen molar-refractivity contribution in [2.24, 2.45) is 5.92 Å². The molecule has 1 unspecified atom stereocenters. The summed E-state index contributed by atoms with van der Waals surface area (Å²) in [6, 6.07) is 0. The average Bonchev–Trinajstić information content (AvgIpc) is 2.88. The Labute approximate surface area is 212 Å². The SMILES string of the molecule is C=CCC(C#C[C@H]1O[C@H](CO)[C@@H](O)[C@H](O)[C@@H]1O)CCCCCCC#C[C@H]1O[C@H](CO)[C@@H](O)[C@H](O)[C@@H]1O. The van der Waals surface area contributed by atoms with E-state index >= 15 is 0 Å². The minimum Gasteiger partial charge on any atom is -0.394 e. The minimum absolute atomic E-state index is 0.0131. The maximum atomic E-state index is 10.1. The van der Waals surface area contributed by atoms with E-state index in [0.717, 1.165) is 32.1 Å². The van der Waals surface area contributed by atoms with E-state index in [1.54, 1.807) is 6.08 Å². The van der Waals surface area contributed by atoms with Crippen LogP contribution >= 0.6 is 0 Å². The molecule has 204 valence electrons. The molecule has 2 aliphatic rings. The molecule has 0 aromatic rings. The molecule has 2 rings (SSSR count). The Balaban J connectivity index is 1.73. The molecular formula is C26H40O10. The zero-order chi connectivity index (χ0) is 26.7. The van der Waals surface area contributed by atoms with Crippen molar-refractivity contribution in [1.82, 2.24) is 0 Å². The van der Waals surface area contributed by atoms with Crippen LogP contribution in [0.2, 0.25) is 0 Å². The van der Waals surface area contributed by atoms with Gasteiger partial charge in [-0.1, -0.05) is 43.1 Å². The largest absolute Gasteiger partial charge is 0.394 e. The van der Waals surface area contributed by atoms with E-state index < -0.39 is 74.3 Å². The molecule has 11 atom stereocenters. The van der Waals surface area contributed by atoms with Gasteiger partial charge in [-0.2, -0.15) is 0 Å². The highest BCUT2D eigenvalue weighted by atomic mass is 16.5. The second-order valence-electron chi connectivity index (χ2n) is 9.28. The van der Waals surface area contributed by atoms with E-state index in [9.17, 15) is 40.9 Å². The number of rotatable bonds is 10. The van der Waals surface area contributed by atoms with E-state index in [4.69, 9.17) is 9.47 Å². The van der Waals surface area contributed by atoms with Crippen LogP contribution in [0.4, 0.5) is 0 Å². The molecule has 0 radical (unpaired) electrons. The van der Waals surface area contributed by atoms with Crippen molar-refractivity contribution in [1.29, 1.82) is 0 Å². The van der Waals surface area contributed by atoms with Gasteiger partial charge >= 0.3 is 0 Å². The first-order valence-electron chi connectivity index (χ1n) is 12.5. The molecule has 0 amide bonds. The van der Waals surface area contributed by atoms with Crippen molar-refractivity contribution in [3.05, 3.63) is 12.7 Å². The van der Waals surface area contributed by atoms with Gasteiger partial charge in [-0.15, -0.1) is 12.5 Å². The average molecular weight is 513 g/mol. The summed E-state index contributed by atoms with van der Waals surface area (Å²) >= 11 is 0. The number of unbranched alkanes of at least 4 members (excludes halogenated alkanes) is 4. The lowest BCUT2D eigenvalue weighted by molar-refractivity contribution is -0.214. The lowest BCUT2D eigenvalue weighted by atomic mass is 9.93. The number of allylic oxidation sites excluding steroid dienone is 1. The quantitative estimate of drug-likeness (QED) is 0.0946. The highest BCUT2D eigenvalue weighted by Gasteiger charge is 2.43. The first-order valence-corrected chi connectivity index (χ1v) is 12.5. The van der Waals surface area contributed by atoms with Gasteiger partial charge < -0.3 is 50.3 Å². The van der Waals surface area contributed by atoms with E-state index in [1.807, 2.05) is 0 Å². The van der Waals surface area contributed by atoms with Crippen molar-refractivity contribution in [3.63, 3.8) is 0 Å². The van der Waals surface area contributed by atoms with Gasteiger partial charge in [0.05, 0.1) is 13.2 Å². The van der Waals surface area contributed by atoms with Crippen LogP contribution in [-0.4, -0.2) is 115 Å². The summed E-state index contributed by atoms with van der Waals surface area (Å²) in [5, 5.41) is 78.0. The molecule has 2 fully saturated rings. The zero-order valence-electron chi connectivity index (χ0n) is 20.4. The summed E-state index contributed by atoms with van der Waals surface area (Å²) in [6.07, 6.45) is -4.94. The summed E-state index contributed by atoms with van der Waals surface area (Å²) in [6.45, 7) is 2.78. The third-order valence-electron chi connectivity index (χ3n) is 6.51. The summed E-state index contributed by atoms with van der Waals surface area (Å²) in [5.74, 6) is 11.6. The molecule has 10 heteroatoms. The minimum atomic E-state index is -1.45. The van der Waals surface area contributed by atoms with E-state index in [0.29, 0.717) is 12.8 Å². The summed E-state index contributed by atoms with van der Waals surface area (Å²) in [7, 11) is 0. The lowest BCUT2D eigenvalue weighted by Crippen LogP contribution is -2.58. The predicted molar refractivity (Wildman–Crippen MR) is 129 cm³/mol. The number of aliphatic hydroxyl groups is 8. The summed E-state index contributed by atoms with van der Waals surface area (Å²) in [4.78, 5) is 0. The normalized spacial score (nSPS) is 37.2. The van der Waals surface area contributed by atoms with Crippen LogP contribution in [0.3, 0.4) is 0 Å². The first kappa shape index (κ1) is 30.7. The van der Waals surface area contributed by atoms with Gasteiger partial charge in [0.2, 0.25) is 0 Å². The highest BCUT2D eigenvalue weighted by Crippen LogP contribution is 2.22. The van der Waals surface area contributed by atoms with Crippen molar-refractivity contribution in [2.45, 2.75) is 106 Å². The molecule has 0 spiro atoms. The Morgan fingerprint density at radius 2 is 1.22 bits per heavy atom. The van der Waals surface area contributed by atoms with Crippen LogP contribution < -0.4 is 0 Å². The topological polar surface area (TPSA) is 180 Å². The third-order valence-corrected chi connectivity index (χ3v) is 6.51. The van der Waals surface area contributed by atoms with E-state index in [1.165, 1.54) is 0 Å². The summed E-state index contributed by atoms with van der Waals surface area (Å²) in [5.41, 5.74) is 0. The molecule has 2 saturated heterocycles. The van der Waals surface area contributed by atoms with Gasteiger partial charge in [-0.3, -0.25) is 0 Å². The Morgan fingerprint density at radius 1 is 0.694 bits per heavy atom. The molecule has 0 saturated carbocycles. The van der Waals surface area contributed by atoms with Crippen molar-refractivity contribution in [3.8, 4) is 23.7 Å². The Bertz CT molecular complexity index is 779. The molecule has 0 aliphatic carbocycles. The van der Waals surface area contributed by atoms with Crippen molar-refractivity contribution < 1.29 is 50.3 Å². The molecule has 8 N–H and O–H groups in total. The smallest absolute Gasteiger partial charge is 0.147 e. The van der Waals surface area contributed by atoms with Crippen LogP contribution in [-0.2, 0) is 9.47 Å². The van der Waals surface area contributed by atoms with Crippen LogP contribution in [0.1, 0.15) is 44.9 Å². The van der Waals surface area contributed by atoms with Crippen LogP contribution in [0.25, 0.3) is 0 Å². The second kappa shape index (κ2) is 15.7. The fraction of sp³-hybridized carbons (Fsp3) is 0.769. The van der Waals surface area contributed by atoms with Crippen LogP contribution in [0.15, 0.2) is 12.7 Å². The van der Waals surface area contributed by atoms with Crippen molar-refractivity contribution >= 4 is 0 Å². The Kier molecular flexibility index (Phi) is 13.3. The third kappa shape index (κ3) is 8.51. The Hall–Kier alpha value is -1.54. The number of hydrogen-bond donors (Lipinski definition) is 8. The highest BCUT2D eigenvalue weighted by molar-refractivity contribution is 5.15. The van der Waals surface area contributed by atoms with Crippen LogP contribution in [0, 0.1) is 29.6 Å². The number of ether oxygens (including phenoxy) is 2.